The molecule has 18 heteroatoms. The van der Waals surface area contributed by atoms with Crippen LogP contribution in [0.1, 0.15) is 17.5 Å². The average molecular weight is 683 g/mol. The van der Waals surface area contributed by atoms with E-state index in [0.717, 1.165) is 35.9 Å². The summed E-state index contributed by atoms with van der Waals surface area (Å²) in [6.45, 7) is 6.39. The largest absolute Gasteiger partial charge is 0.481 e. The first-order valence-corrected chi connectivity index (χ1v) is 18.1. The molecule has 2 heterocycles. The Hall–Kier alpha value is -3.10. The van der Waals surface area contributed by atoms with Gasteiger partial charge >= 0.3 is 0 Å². The molecule has 0 saturated heterocycles. The van der Waals surface area contributed by atoms with Gasteiger partial charge in [-0.05, 0) is 69.6 Å². The van der Waals surface area contributed by atoms with E-state index in [4.69, 9.17) is 18.4 Å². The van der Waals surface area contributed by atoms with Crippen molar-refractivity contribution < 1.29 is 49.1 Å². The Balaban J connectivity index is 0.000000965. The maximum absolute atomic E-state index is 9.19. The minimum Gasteiger partial charge on any atom is -0.481 e. The molecule has 44 heavy (non-hydrogen) atoms. The fourth-order valence-electron chi connectivity index (χ4n) is 4.11. The molecule has 4 rings (SSSR count). The van der Waals surface area contributed by atoms with Crippen LogP contribution in [0.15, 0.2) is 30.5 Å². The van der Waals surface area contributed by atoms with E-state index in [9.17, 15) is 25.3 Å². The minimum absolute atomic E-state index is 0. The molecule has 0 bridgehead atoms. The SMILES string of the molecule is COc1cc2[nH]c3cc(C)c4c(C)ccc(NCCCN(C)C)c4c3c2cn1.CS(=O)(=O)O.CS(=O)(=O)O.CS(=O)(=O)O.O. The minimum atomic E-state index is -3.67. The van der Waals surface area contributed by atoms with Crippen molar-refractivity contribution in [2.24, 2.45) is 0 Å². The second-order valence-corrected chi connectivity index (χ2v) is 14.4. The van der Waals surface area contributed by atoms with E-state index in [2.05, 4.69) is 66.3 Å². The zero-order chi connectivity index (χ0) is 33.3. The van der Waals surface area contributed by atoms with E-state index < -0.39 is 30.4 Å². The predicted molar refractivity (Wildman–Crippen MR) is 175 cm³/mol. The Morgan fingerprint density at radius 2 is 1.36 bits per heavy atom. The quantitative estimate of drug-likeness (QED) is 0.145. The van der Waals surface area contributed by atoms with Crippen LogP contribution in [0.3, 0.4) is 0 Å². The Labute approximate surface area is 258 Å². The van der Waals surface area contributed by atoms with Gasteiger partial charge in [0.25, 0.3) is 30.4 Å². The van der Waals surface area contributed by atoms with Gasteiger partial charge in [0.15, 0.2) is 0 Å². The van der Waals surface area contributed by atoms with E-state index in [0.29, 0.717) is 24.6 Å². The van der Waals surface area contributed by atoms with Crippen molar-refractivity contribution in [1.29, 1.82) is 0 Å². The van der Waals surface area contributed by atoms with Crippen molar-refractivity contribution in [1.82, 2.24) is 14.9 Å². The topological polar surface area (TPSA) is 248 Å². The summed E-state index contributed by atoms with van der Waals surface area (Å²) < 4.78 is 82.9. The van der Waals surface area contributed by atoms with Crippen molar-refractivity contribution >= 4 is 68.6 Å². The van der Waals surface area contributed by atoms with Crippen LogP contribution >= 0.6 is 0 Å². The van der Waals surface area contributed by atoms with Gasteiger partial charge < -0.3 is 25.4 Å². The van der Waals surface area contributed by atoms with Crippen molar-refractivity contribution in [2.75, 3.05) is 58.4 Å². The first kappa shape index (κ1) is 40.9. The molecule has 0 aliphatic carbocycles. The van der Waals surface area contributed by atoms with Gasteiger partial charge in [-0.1, -0.05) is 6.07 Å². The normalized spacial score (nSPS) is 11.5. The standard InChI is InChI=1S/C23H28N4O.3CH4O3S.H2O/c1-14-7-8-17(24-9-6-10-27(3)4)23-21(14)15(2)11-19-22(23)16-13-25-20(28-5)12-18(16)26-19;3*1-5(2,3)4;/h7-8,11-13,24,26H,6,9-10H2,1-5H3;3*1H3,(H,2,3,4);1H2. The number of H-pyrrole nitrogens is 1. The smallest absolute Gasteiger partial charge is 0.261 e. The number of nitrogens with zero attached hydrogens (tertiary/aromatic N) is 2. The number of anilines is 1. The Kier molecular flexibility index (Phi) is 15.6. The zero-order valence-electron chi connectivity index (χ0n) is 25.8. The van der Waals surface area contributed by atoms with Crippen molar-refractivity contribution in [2.45, 2.75) is 20.3 Å². The van der Waals surface area contributed by atoms with Crippen LogP contribution in [-0.4, -0.2) is 112 Å². The number of nitrogens with one attached hydrogen (secondary N) is 2. The lowest BCUT2D eigenvalue weighted by molar-refractivity contribution is 0.398. The average Bonchev–Trinajstić information content (AvgIpc) is 3.16. The van der Waals surface area contributed by atoms with Gasteiger partial charge in [-0.2, -0.15) is 25.3 Å². The molecule has 0 radical (unpaired) electrons. The van der Waals surface area contributed by atoms with Gasteiger partial charge in [-0.3, -0.25) is 13.7 Å². The number of fused-ring (bicyclic) bond motifs is 5. The number of methoxy groups -OCH3 is 1. The van der Waals surface area contributed by atoms with Crippen LogP contribution < -0.4 is 10.1 Å². The first-order valence-electron chi connectivity index (χ1n) is 12.5. The Morgan fingerprint density at radius 3 is 1.84 bits per heavy atom. The maximum atomic E-state index is 9.19. The number of aromatic nitrogens is 2. The summed E-state index contributed by atoms with van der Waals surface area (Å²) >= 11 is 0. The summed E-state index contributed by atoms with van der Waals surface area (Å²) in [5.74, 6) is 0.623. The molecular formula is C26H42N4O11S3. The van der Waals surface area contributed by atoms with Crippen LogP contribution in [0, 0.1) is 13.8 Å². The van der Waals surface area contributed by atoms with Crippen LogP contribution in [0.5, 0.6) is 5.88 Å². The van der Waals surface area contributed by atoms with Gasteiger partial charge in [0.05, 0.1) is 31.4 Å². The number of aryl methyl sites for hydroxylation is 2. The lowest BCUT2D eigenvalue weighted by Crippen LogP contribution is -2.16. The summed E-state index contributed by atoms with van der Waals surface area (Å²) in [7, 11) is -5.13. The summed E-state index contributed by atoms with van der Waals surface area (Å²) in [5.41, 5.74) is 5.95. The van der Waals surface area contributed by atoms with E-state index in [-0.39, 0.29) is 5.48 Å². The molecule has 0 aliphatic rings. The lowest BCUT2D eigenvalue weighted by Gasteiger charge is -2.16. The molecule has 2 aromatic carbocycles. The highest BCUT2D eigenvalue weighted by Gasteiger charge is 2.16. The van der Waals surface area contributed by atoms with E-state index in [1.165, 1.54) is 33.0 Å². The fraction of sp³-hybridized carbons (Fsp3) is 0.423. The Morgan fingerprint density at radius 1 is 0.841 bits per heavy atom. The third kappa shape index (κ3) is 15.6. The summed E-state index contributed by atoms with van der Waals surface area (Å²) in [5, 5.41) is 8.63. The van der Waals surface area contributed by atoms with Crippen LogP contribution in [0.4, 0.5) is 5.69 Å². The van der Waals surface area contributed by atoms with Gasteiger partial charge in [-0.15, -0.1) is 0 Å². The number of ether oxygens (including phenoxy) is 1. The van der Waals surface area contributed by atoms with Crippen molar-refractivity contribution in [3.8, 4) is 5.88 Å². The van der Waals surface area contributed by atoms with Crippen molar-refractivity contribution in [3.63, 3.8) is 0 Å². The summed E-state index contributed by atoms with van der Waals surface area (Å²) in [6.07, 6.45) is 5.16. The van der Waals surface area contributed by atoms with Gasteiger partial charge in [-0.25, -0.2) is 4.98 Å². The molecule has 250 valence electrons. The molecule has 7 N–H and O–H groups in total. The van der Waals surface area contributed by atoms with Crippen LogP contribution in [-0.2, 0) is 30.4 Å². The molecule has 2 aromatic heterocycles. The van der Waals surface area contributed by atoms with E-state index >= 15 is 0 Å². The second kappa shape index (κ2) is 16.8. The molecule has 0 spiro atoms. The number of hydrogen-bond donors (Lipinski definition) is 5. The first-order chi connectivity index (χ1) is 19.5. The van der Waals surface area contributed by atoms with Gasteiger partial charge in [0.1, 0.15) is 0 Å². The molecule has 0 saturated carbocycles. The number of pyridine rings is 1. The summed E-state index contributed by atoms with van der Waals surface area (Å²) in [4.78, 5) is 10.2. The van der Waals surface area contributed by atoms with Gasteiger partial charge in [0, 0.05) is 46.2 Å². The number of benzene rings is 2. The lowest BCUT2D eigenvalue weighted by atomic mass is 9.95. The number of hydrogen-bond acceptors (Lipinski definition) is 10. The van der Waals surface area contributed by atoms with E-state index in [1.807, 2.05) is 12.3 Å². The Bertz CT molecular complexity index is 1780. The highest BCUT2D eigenvalue weighted by molar-refractivity contribution is 7.85. The predicted octanol–water partition coefficient (Wildman–Crippen LogP) is 2.55. The van der Waals surface area contributed by atoms with Crippen molar-refractivity contribution in [3.05, 3.63) is 41.6 Å². The molecule has 0 atom stereocenters. The molecular weight excluding hydrogens is 641 g/mol. The fourth-order valence-corrected chi connectivity index (χ4v) is 4.11. The third-order valence-electron chi connectivity index (χ3n) is 5.41. The number of rotatable bonds is 6. The molecule has 0 unspecified atom stereocenters. The third-order valence-corrected chi connectivity index (χ3v) is 5.41. The van der Waals surface area contributed by atoms with E-state index in [1.54, 1.807) is 7.11 Å². The number of aromatic amines is 1. The highest BCUT2D eigenvalue weighted by Crippen LogP contribution is 2.39. The molecule has 15 nitrogen and oxygen atoms in total. The second-order valence-electron chi connectivity index (χ2n) is 9.98. The van der Waals surface area contributed by atoms with Crippen LogP contribution in [0.2, 0.25) is 0 Å². The summed E-state index contributed by atoms with van der Waals surface area (Å²) in [6, 6.07) is 8.64. The molecule has 0 fully saturated rings. The molecule has 4 aromatic rings. The maximum Gasteiger partial charge on any atom is 0.261 e. The molecule has 0 aliphatic heterocycles. The van der Waals surface area contributed by atoms with Gasteiger partial charge in [0.2, 0.25) is 5.88 Å². The molecule has 0 amide bonds. The highest BCUT2D eigenvalue weighted by atomic mass is 32.2. The van der Waals surface area contributed by atoms with Crippen LogP contribution in [0.25, 0.3) is 32.6 Å². The zero-order valence-corrected chi connectivity index (χ0v) is 28.3. The monoisotopic (exact) mass is 682 g/mol.